The van der Waals surface area contributed by atoms with Gasteiger partial charge < -0.3 is 19.2 Å². The maximum atomic E-state index is 13.7. The predicted octanol–water partition coefficient (Wildman–Crippen LogP) is 3.84. The Labute approximate surface area is 152 Å². The number of carbonyl (C=O) groups is 1. The second kappa shape index (κ2) is 6.71. The van der Waals surface area contributed by atoms with Crippen LogP contribution in [0.2, 0.25) is 0 Å². The number of aryl methyl sites for hydroxylation is 1. The minimum absolute atomic E-state index is 0.154. The smallest absolute Gasteiger partial charge is 0.231 e. The van der Waals surface area contributed by atoms with Gasteiger partial charge in [-0.1, -0.05) is 6.07 Å². The van der Waals surface area contributed by atoms with E-state index in [-0.39, 0.29) is 13.2 Å². The molecule has 27 heavy (non-hydrogen) atoms. The SMILES string of the molecule is Cc1oc(-c2ccc3c(c2)OCO3)nc1CC(=O)Nc1c(F)cccc1F. The van der Waals surface area contributed by atoms with Crippen molar-refractivity contribution in [2.45, 2.75) is 13.3 Å². The van der Waals surface area contributed by atoms with Crippen molar-refractivity contribution in [3.8, 4) is 23.0 Å². The average molecular weight is 372 g/mol. The first kappa shape index (κ1) is 17.0. The van der Waals surface area contributed by atoms with E-state index in [4.69, 9.17) is 13.9 Å². The minimum Gasteiger partial charge on any atom is -0.454 e. The summed E-state index contributed by atoms with van der Waals surface area (Å²) >= 11 is 0. The Bertz CT molecular complexity index is 1010. The number of para-hydroxylation sites is 1. The van der Waals surface area contributed by atoms with Gasteiger partial charge in [-0.15, -0.1) is 0 Å². The molecule has 6 nitrogen and oxygen atoms in total. The topological polar surface area (TPSA) is 73.6 Å². The van der Waals surface area contributed by atoms with Crippen molar-refractivity contribution in [3.63, 3.8) is 0 Å². The van der Waals surface area contributed by atoms with Gasteiger partial charge in [0.25, 0.3) is 0 Å². The van der Waals surface area contributed by atoms with Crippen LogP contribution in [0, 0.1) is 18.6 Å². The van der Waals surface area contributed by atoms with Crippen molar-refractivity contribution in [1.29, 1.82) is 0 Å². The van der Waals surface area contributed by atoms with E-state index in [0.717, 1.165) is 12.1 Å². The van der Waals surface area contributed by atoms with Crippen LogP contribution in [0.15, 0.2) is 40.8 Å². The van der Waals surface area contributed by atoms with Gasteiger partial charge in [0.2, 0.25) is 18.6 Å². The Morgan fingerprint density at radius 3 is 2.67 bits per heavy atom. The Kier molecular flexibility index (Phi) is 4.23. The summed E-state index contributed by atoms with van der Waals surface area (Å²) in [5, 5.41) is 2.23. The number of fused-ring (bicyclic) bond motifs is 1. The van der Waals surface area contributed by atoms with Crippen molar-refractivity contribution < 1.29 is 27.5 Å². The molecular formula is C19H14F2N2O4. The molecule has 4 rings (SSSR count). The first-order valence-electron chi connectivity index (χ1n) is 8.11. The number of halogens is 2. The summed E-state index contributed by atoms with van der Waals surface area (Å²) in [4.78, 5) is 16.5. The fourth-order valence-corrected chi connectivity index (χ4v) is 2.70. The first-order chi connectivity index (χ1) is 13.0. The first-order valence-corrected chi connectivity index (χ1v) is 8.11. The molecule has 0 atom stereocenters. The van der Waals surface area contributed by atoms with Crippen LogP contribution in [0.4, 0.5) is 14.5 Å². The fourth-order valence-electron chi connectivity index (χ4n) is 2.70. The van der Waals surface area contributed by atoms with Crippen LogP contribution in [0.5, 0.6) is 11.5 Å². The normalized spacial score (nSPS) is 12.3. The number of hydrogen-bond donors (Lipinski definition) is 1. The molecule has 8 heteroatoms. The molecular weight excluding hydrogens is 358 g/mol. The van der Waals surface area contributed by atoms with Gasteiger partial charge in [-0.2, -0.15) is 0 Å². The number of amides is 1. The highest BCUT2D eigenvalue weighted by Gasteiger charge is 2.19. The molecule has 1 aliphatic rings. The van der Waals surface area contributed by atoms with Crippen molar-refractivity contribution >= 4 is 11.6 Å². The molecule has 0 saturated carbocycles. The van der Waals surface area contributed by atoms with Crippen molar-refractivity contribution in [1.82, 2.24) is 4.98 Å². The van der Waals surface area contributed by atoms with Crippen molar-refractivity contribution in [3.05, 3.63) is 59.5 Å². The largest absolute Gasteiger partial charge is 0.454 e. The number of benzene rings is 2. The molecule has 1 N–H and O–H groups in total. The third kappa shape index (κ3) is 3.33. The van der Waals surface area contributed by atoms with E-state index in [1.54, 1.807) is 25.1 Å². The average Bonchev–Trinajstić information content (AvgIpc) is 3.24. The van der Waals surface area contributed by atoms with E-state index in [0.29, 0.717) is 34.4 Å². The van der Waals surface area contributed by atoms with Crippen LogP contribution in [0.25, 0.3) is 11.5 Å². The van der Waals surface area contributed by atoms with Gasteiger partial charge in [-0.3, -0.25) is 4.79 Å². The zero-order valence-corrected chi connectivity index (χ0v) is 14.2. The maximum Gasteiger partial charge on any atom is 0.231 e. The summed E-state index contributed by atoms with van der Waals surface area (Å²) in [6.45, 7) is 1.82. The van der Waals surface area contributed by atoms with Gasteiger partial charge in [-0.05, 0) is 37.3 Å². The molecule has 0 bridgehead atoms. The zero-order chi connectivity index (χ0) is 19.0. The third-order valence-corrected chi connectivity index (χ3v) is 4.07. The van der Waals surface area contributed by atoms with Crippen LogP contribution in [-0.4, -0.2) is 17.7 Å². The van der Waals surface area contributed by atoms with E-state index in [1.165, 1.54) is 6.07 Å². The second-order valence-corrected chi connectivity index (χ2v) is 5.91. The Hall–Kier alpha value is -3.42. The summed E-state index contributed by atoms with van der Waals surface area (Å²) in [5.74, 6) is -0.334. The van der Waals surface area contributed by atoms with E-state index in [9.17, 15) is 13.6 Å². The number of anilines is 1. The van der Waals surface area contributed by atoms with Gasteiger partial charge >= 0.3 is 0 Å². The molecule has 0 saturated heterocycles. The molecule has 0 unspecified atom stereocenters. The molecule has 3 aromatic rings. The lowest BCUT2D eigenvalue weighted by atomic mass is 10.2. The van der Waals surface area contributed by atoms with Crippen LogP contribution < -0.4 is 14.8 Å². The molecule has 1 aliphatic heterocycles. The highest BCUT2D eigenvalue weighted by molar-refractivity contribution is 5.92. The molecule has 0 aliphatic carbocycles. The lowest BCUT2D eigenvalue weighted by Crippen LogP contribution is -2.17. The number of hydrogen-bond acceptors (Lipinski definition) is 5. The van der Waals surface area contributed by atoms with E-state index >= 15 is 0 Å². The van der Waals surface area contributed by atoms with Crippen molar-refractivity contribution in [2.75, 3.05) is 12.1 Å². The summed E-state index contributed by atoms with van der Waals surface area (Å²) in [6.07, 6.45) is -0.187. The molecule has 0 spiro atoms. The standard InChI is InChI=1S/C19H14F2N2O4/c1-10-14(8-17(24)23-18-12(20)3-2-4-13(18)21)22-19(27-10)11-5-6-15-16(7-11)26-9-25-15/h2-7H,8-9H2,1H3,(H,23,24). The van der Waals surface area contributed by atoms with Gasteiger partial charge in [0, 0.05) is 5.56 Å². The molecule has 0 fully saturated rings. The Morgan fingerprint density at radius 2 is 1.89 bits per heavy atom. The van der Waals surface area contributed by atoms with Gasteiger partial charge in [-0.25, -0.2) is 13.8 Å². The van der Waals surface area contributed by atoms with Gasteiger partial charge in [0.05, 0.1) is 12.1 Å². The van der Waals surface area contributed by atoms with Crippen LogP contribution in [0.1, 0.15) is 11.5 Å². The third-order valence-electron chi connectivity index (χ3n) is 4.07. The number of nitrogens with zero attached hydrogens (tertiary/aromatic N) is 1. The maximum absolute atomic E-state index is 13.7. The molecule has 1 amide bonds. The lowest BCUT2D eigenvalue weighted by Gasteiger charge is -2.06. The zero-order valence-electron chi connectivity index (χ0n) is 14.2. The molecule has 0 radical (unpaired) electrons. The number of rotatable bonds is 4. The van der Waals surface area contributed by atoms with Crippen LogP contribution in [0.3, 0.4) is 0 Å². The number of oxazole rings is 1. The quantitative estimate of drug-likeness (QED) is 0.753. The predicted molar refractivity (Wildman–Crippen MR) is 91.5 cm³/mol. The fraction of sp³-hybridized carbons (Fsp3) is 0.158. The number of nitrogens with one attached hydrogen (secondary N) is 1. The highest BCUT2D eigenvalue weighted by Crippen LogP contribution is 2.36. The summed E-state index contributed by atoms with van der Waals surface area (Å²) in [6, 6.07) is 8.59. The van der Waals surface area contributed by atoms with E-state index < -0.39 is 23.2 Å². The summed E-state index contributed by atoms with van der Waals surface area (Å²) in [5.41, 5.74) is 0.547. The van der Waals surface area contributed by atoms with Crippen LogP contribution in [-0.2, 0) is 11.2 Å². The van der Waals surface area contributed by atoms with Crippen LogP contribution >= 0.6 is 0 Å². The Balaban J connectivity index is 1.53. The molecule has 2 aromatic carbocycles. The molecule has 1 aromatic heterocycles. The number of carbonyl (C=O) groups excluding carboxylic acids is 1. The lowest BCUT2D eigenvalue weighted by molar-refractivity contribution is -0.115. The monoisotopic (exact) mass is 372 g/mol. The van der Waals surface area contributed by atoms with Gasteiger partial charge in [0.15, 0.2) is 11.5 Å². The molecule has 2 heterocycles. The number of aromatic nitrogens is 1. The van der Waals surface area contributed by atoms with E-state index in [1.807, 2.05) is 0 Å². The molecule has 138 valence electrons. The second-order valence-electron chi connectivity index (χ2n) is 5.91. The van der Waals surface area contributed by atoms with Crippen molar-refractivity contribution in [2.24, 2.45) is 0 Å². The Morgan fingerprint density at radius 1 is 1.15 bits per heavy atom. The minimum atomic E-state index is -0.846. The summed E-state index contributed by atoms with van der Waals surface area (Å²) < 4.78 is 43.5. The summed E-state index contributed by atoms with van der Waals surface area (Å²) in [7, 11) is 0. The van der Waals surface area contributed by atoms with E-state index in [2.05, 4.69) is 10.3 Å². The van der Waals surface area contributed by atoms with Gasteiger partial charge in [0.1, 0.15) is 23.1 Å². The number of ether oxygens (including phenoxy) is 2. The highest BCUT2D eigenvalue weighted by atomic mass is 19.1.